The third-order valence-electron chi connectivity index (χ3n) is 2.81. The second-order valence-electron chi connectivity index (χ2n) is 4.09. The van der Waals surface area contributed by atoms with Gasteiger partial charge in [-0.1, -0.05) is 6.92 Å². The van der Waals surface area contributed by atoms with Gasteiger partial charge in [0.2, 0.25) is 0 Å². The topological polar surface area (TPSA) is 34.1 Å². The van der Waals surface area contributed by atoms with Gasteiger partial charge in [-0.2, -0.15) is 0 Å². The first kappa shape index (κ1) is 13.1. The molecule has 0 spiro atoms. The van der Waals surface area contributed by atoms with Gasteiger partial charge in [0.25, 0.3) is 0 Å². The Kier molecular flexibility index (Phi) is 4.33. The van der Waals surface area contributed by atoms with E-state index in [1.807, 2.05) is 24.3 Å². The van der Waals surface area contributed by atoms with Crippen molar-refractivity contribution in [3.05, 3.63) is 35.3 Å². The normalized spacial score (nSPS) is 12.4. The summed E-state index contributed by atoms with van der Waals surface area (Å²) in [4.78, 5) is 4.67. The molecule has 2 aromatic rings. The van der Waals surface area contributed by atoms with Gasteiger partial charge < -0.3 is 10.1 Å². The number of benzene rings is 1. The van der Waals surface area contributed by atoms with E-state index in [1.54, 1.807) is 18.4 Å². The Morgan fingerprint density at radius 3 is 2.67 bits per heavy atom. The van der Waals surface area contributed by atoms with E-state index >= 15 is 0 Å². The van der Waals surface area contributed by atoms with Gasteiger partial charge in [-0.15, -0.1) is 11.3 Å². The number of methoxy groups -OCH3 is 1. The van der Waals surface area contributed by atoms with Crippen LogP contribution in [0.3, 0.4) is 0 Å². The van der Waals surface area contributed by atoms with Gasteiger partial charge in [-0.25, -0.2) is 4.98 Å². The van der Waals surface area contributed by atoms with Crippen molar-refractivity contribution in [1.29, 1.82) is 0 Å². The minimum absolute atomic E-state index is 0.304. The summed E-state index contributed by atoms with van der Waals surface area (Å²) in [5.74, 6) is 0.872. The van der Waals surface area contributed by atoms with E-state index < -0.39 is 0 Å². The van der Waals surface area contributed by atoms with Gasteiger partial charge in [-0.3, -0.25) is 0 Å². The molecular weight excluding hydrogens is 244 g/mol. The second kappa shape index (κ2) is 5.98. The molecule has 1 aromatic carbocycles. The fourth-order valence-electron chi connectivity index (χ4n) is 1.76. The molecule has 2 rings (SSSR count). The van der Waals surface area contributed by atoms with Crippen LogP contribution in [0.5, 0.6) is 5.75 Å². The molecule has 1 atom stereocenters. The van der Waals surface area contributed by atoms with E-state index in [4.69, 9.17) is 4.74 Å². The second-order valence-corrected chi connectivity index (χ2v) is 4.94. The molecule has 4 heteroatoms. The van der Waals surface area contributed by atoms with Crippen LogP contribution >= 0.6 is 11.3 Å². The van der Waals surface area contributed by atoms with Crippen LogP contribution in [-0.2, 0) is 0 Å². The number of ether oxygens (including phenoxy) is 1. The maximum absolute atomic E-state index is 5.15. The third kappa shape index (κ3) is 2.89. The Morgan fingerprint density at radius 1 is 1.33 bits per heavy atom. The molecule has 0 aliphatic rings. The lowest BCUT2D eigenvalue weighted by Crippen LogP contribution is -2.17. The molecule has 0 bridgehead atoms. The van der Waals surface area contributed by atoms with E-state index in [1.165, 1.54) is 0 Å². The van der Waals surface area contributed by atoms with Crippen LogP contribution < -0.4 is 10.1 Å². The Morgan fingerprint density at radius 2 is 2.06 bits per heavy atom. The maximum Gasteiger partial charge on any atom is 0.123 e. The average molecular weight is 262 g/mol. The lowest BCUT2D eigenvalue weighted by Gasteiger charge is -2.08. The quantitative estimate of drug-likeness (QED) is 0.895. The molecular formula is C14H18N2OS. The Bertz CT molecular complexity index is 493. The van der Waals surface area contributed by atoms with E-state index in [0.717, 1.165) is 28.6 Å². The van der Waals surface area contributed by atoms with Crippen LogP contribution in [0.2, 0.25) is 0 Å². The number of rotatable bonds is 5. The van der Waals surface area contributed by atoms with Crippen LogP contribution in [0.1, 0.15) is 25.6 Å². The number of hydrogen-bond donors (Lipinski definition) is 1. The summed E-state index contributed by atoms with van der Waals surface area (Å²) in [6, 6.07) is 8.31. The highest BCUT2D eigenvalue weighted by molar-refractivity contribution is 7.13. The summed E-state index contributed by atoms with van der Waals surface area (Å²) in [6.07, 6.45) is 0. The predicted molar refractivity (Wildman–Crippen MR) is 76.2 cm³/mol. The highest BCUT2D eigenvalue weighted by Crippen LogP contribution is 2.27. The van der Waals surface area contributed by atoms with Crippen molar-refractivity contribution >= 4 is 11.3 Å². The van der Waals surface area contributed by atoms with Crippen molar-refractivity contribution in [2.45, 2.75) is 19.9 Å². The molecule has 3 nitrogen and oxygen atoms in total. The first-order valence-electron chi connectivity index (χ1n) is 6.07. The molecule has 1 aromatic heterocycles. The molecule has 0 radical (unpaired) electrons. The molecule has 1 N–H and O–H groups in total. The molecule has 0 aliphatic heterocycles. The van der Waals surface area contributed by atoms with E-state index in [-0.39, 0.29) is 0 Å². The van der Waals surface area contributed by atoms with E-state index in [9.17, 15) is 0 Å². The lowest BCUT2D eigenvalue weighted by molar-refractivity contribution is 0.415. The summed E-state index contributed by atoms with van der Waals surface area (Å²) in [7, 11) is 1.68. The van der Waals surface area contributed by atoms with Crippen LogP contribution in [0.4, 0.5) is 0 Å². The largest absolute Gasteiger partial charge is 0.497 e. The zero-order valence-corrected chi connectivity index (χ0v) is 11.8. The summed E-state index contributed by atoms with van der Waals surface area (Å²) < 4.78 is 5.15. The van der Waals surface area contributed by atoms with E-state index in [0.29, 0.717) is 6.04 Å². The Balaban J connectivity index is 2.18. The molecule has 0 fully saturated rings. The Hall–Kier alpha value is -1.39. The fraction of sp³-hybridized carbons (Fsp3) is 0.357. The molecule has 0 saturated carbocycles. The van der Waals surface area contributed by atoms with Crippen molar-refractivity contribution in [3.63, 3.8) is 0 Å². The zero-order valence-electron chi connectivity index (χ0n) is 10.9. The molecule has 96 valence electrons. The summed E-state index contributed by atoms with van der Waals surface area (Å²) in [6.45, 7) is 5.19. The van der Waals surface area contributed by atoms with Crippen molar-refractivity contribution < 1.29 is 4.74 Å². The lowest BCUT2D eigenvalue weighted by atomic mass is 10.2. The monoisotopic (exact) mass is 262 g/mol. The number of nitrogens with one attached hydrogen (secondary N) is 1. The van der Waals surface area contributed by atoms with Crippen LogP contribution in [-0.4, -0.2) is 18.6 Å². The number of nitrogens with zero attached hydrogens (tertiary/aromatic N) is 1. The minimum atomic E-state index is 0.304. The van der Waals surface area contributed by atoms with Crippen LogP contribution in [0, 0.1) is 0 Å². The highest BCUT2D eigenvalue weighted by Gasteiger charge is 2.10. The molecule has 18 heavy (non-hydrogen) atoms. The standard InChI is InChI=1S/C14H18N2OS/c1-4-15-10(2)13-9-18-14(16-13)11-5-7-12(17-3)8-6-11/h5-10,15H,4H2,1-3H3. The maximum atomic E-state index is 5.15. The number of aromatic nitrogens is 1. The van der Waals surface area contributed by atoms with E-state index in [2.05, 4.69) is 29.5 Å². The Labute approximate surface area is 112 Å². The van der Waals surface area contributed by atoms with Crippen LogP contribution in [0.25, 0.3) is 10.6 Å². The van der Waals surface area contributed by atoms with Gasteiger partial charge in [0.1, 0.15) is 10.8 Å². The first-order chi connectivity index (χ1) is 8.74. The fourth-order valence-corrected chi connectivity index (χ4v) is 2.68. The summed E-state index contributed by atoms with van der Waals surface area (Å²) in [5.41, 5.74) is 2.24. The third-order valence-corrected chi connectivity index (χ3v) is 3.72. The first-order valence-corrected chi connectivity index (χ1v) is 6.95. The molecule has 0 saturated heterocycles. The van der Waals surface area contributed by atoms with Gasteiger partial charge in [0.05, 0.1) is 12.8 Å². The van der Waals surface area contributed by atoms with Gasteiger partial charge >= 0.3 is 0 Å². The molecule has 0 amide bonds. The van der Waals surface area contributed by atoms with Gasteiger partial charge in [0, 0.05) is 17.0 Å². The minimum Gasteiger partial charge on any atom is -0.497 e. The average Bonchev–Trinajstić information content (AvgIpc) is 2.89. The SMILES string of the molecule is CCNC(C)c1csc(-c2ccc(OC)cc2)n1. The highest BCUT2D eigenvalue weighted by atomic mass is 32.1. The van der Waals surface area contributed by atoms with Crippen molar-refractivity contribution in [2.75, 3.05) is 13.7 Å². The zero-order chi connectivity index (χ0) is 13.0. The molecule has 1 heterocycles. The van der Waals surface area contributed by atoms with Crippen molar-refractivity contribution in [1.82, 2.24) is 10.3 Å². The van der Waals surface area contributed by atoms with Gasteiger partial charge in [0.15, 0.2) is 0 Å². The van der Waals surface area contributed by atoms with Crippen molar-refractivity contribution in [3.8, 4) is 16.3 Å². The summed E-state index contributed by atoms with van der Waals surface area (Å²) >= 11 is 1.68. The number of thiazole rings is 1. The smallest absolute Gasteiger partial charge is 0.123 e. The summed E-state index contributed by atoms with van der Waals surface area (Å²) in [5, 5.41) is 6.54. The number of hydrogen-bond acceptors (Lipinski definition) is 4. The molecule has 1 unspecified atom stereocenters. The van der Waals surface area contributed by atoms with Crippen molar-refractivity contribution in [2.24, 2.45) is 0 Å². The van der Waals surface area contributed by atoms with Gasteiger partial charge in [-0.05, 0) is 37.7 Å². The molecule has 0 aliphatic carbocycles. The predicted octanol–water partition coefficient (Wildman–Crippen LogP) is 3.49. The van der Waals surface area contributed by atoms with Crippen LogP contribution in [0.15, 0.2) is 29.6 Å².